The van der Waals surface area contributed by atoms with E-state index in [0.717, 1.165) is 0 Å². The van der Waals surface area contributed by atoms with Crippen molar-refractivity contribution in [2.75, 3.05) is 0 Å². The van der Waals surface area contributed by atoms with E-state index in [4.69, 9.17) is 0 Å². The van der Waals surface area contributed by atoms with Crippen LogP contribution < -0.4 is 0 Å². The highest BCUT2D eigenvalue weighted by Crippen LogP contribution is 2.24. The molecule has 0 fully saturated rings. The van der Waals surface area contributed by atoms with Gasteiger partial charge in [-0.3, -0.25) is 0 Å². The highest BCUT2D eigenvalue weighted by molar-refractivity contribution is 6.14. The van der Waals surface area contributed by atoms with Gasteiger partial charge in [0, 0.05) is 10.2 Å². The van der Waals surface area contributed by atoms with Crippen LogP contribution in [0.15, 0.2) is 0 Å². The van der Waals surface area contributed by atoms with Crippen molar-refractivity contribution in [2.45, 2.75) is 38.7 Å². The molecule has 0 atom stereocenters. The van der Waals surface area contributed by atoms with Crippen molar-refractivity contribution < 1.29 is 0 Å². The first-order valence-corrected chi connectivity index (χ1v) is 3.62. The number of hydrogen-bond donors (Lipinski definition) is 0. The van der Waals surface area contributed by atoms with Crippen LogP contribution in [0.3, 0.4) is 0 Å². The zero-order chi connectivity index (χ0) is 5.91. The zero-order valence-electron chi connectivity index (χ0n) is 5.62. The van der Waals surface area contributed by atoms with Crippen molar-refractivity contribution in [3.8, 4) is 0 Å². The molecular weight excluding hydrogens is 100 g/mol. The van der Waals surface area contributed by atoms with E-state index in [1.165, 1.54) is 12.8 Å². The summed E-state index contributed by atoms with van der Waals surface area (Å²) >= 11 is 0. The molecule has 1 radical (unpaired) electrons. The van der Waals surface area contributed by atoms with Gasteiger partial charge in [-0.25, -0.2) is 0 Å². The number of hydrogen-bond acceptors (Lipinski definition) is 0. The van der Waals surface area contributed by atoms with Crippen molar-refractivity contribution in [1.82, 2.24) is 0 Å². The molecule has 1 heteroatoms. The molecule has 7 heavy (non-hydrogen) atoms. The lowest BCUT2D eigenvalue weighted by Crippen LogP contribution is -1.99. The molecule has 0 aromatic carbocycles. The molecule has 0 aromatic heterocycles. The lowest BCUT2D eigenvalue weighted by Gasteiger charge is -2.15. The first-order valence-electron chi connectivity index (χ1n) is 2.91. The van der Waals surface area contributed by atoms with Crippen molar-refractivity contribution in [1.29, 1.82) is 0 Å². The lowest BCUT2D eigenvalue weighted by molar-refractivity contribution is 0.601. The second kappa shape index (κ2) is 2.51. The van der Waals surface area contributed by atoms with Crippen molar-refractivity contribution in [3.63, 3.8) is 0 Å². The first-order chi connectivity index (χ1) is 3.06. The Morgan fingerprint density at radius 1 is 1.43 bits per heavy atom. The summed E-state index contributed by atoms with van der Waals surface area (Å²) in [4.78, 5) is 0. The fourth-order valence-electron chi connectivity index (χ4n) is 0.677. The van der Waals surface area contributed by atoms with Crippen LogP contribution in [-0.2, 0) is 0 Å². The van der Waals surface area contributed by atoms with Gasteiger partial charge in [-0.15, -0.1) is 0 Å². The van der Waals surface area contributed by atoms with Gasteiger partial charge >= 0.3 is 0 Å². The Bertz CT molecular complexity index is 42.6. The second-order valence-corrected chi connectivity index (χ2v) is 4.83. The number of rotatable bonds is 2. The third kappa shape index (κ3) is 6.22. The van der Waals surface area contributed by atoms with Crippen LogP contribution in [0.2, 0.25) is 5.04 Å². The first kappa shape index (κ1) is 7.22. The van der Waals surface area contributed by atoms with Crippen LogP contribution in [0.1, 0.15) is 33.6 Å². The molecule has 0 aliphatic heterocycles. The fraction of sp³-hybridized carbons (Fsp3) is 1.00. The van der Waals surface area contributed by atoms with Gasteiger partial charge in [0.2, 0.25) is 0 Å². The second-order valence-electron chi connectivity index (χ2n) is 2.91. The average molecular weight is 115 g/mol. The van der Waals surface area contributed by atoms with E-state index in [9.17, 15) is 0 Å². The maximum Gasteiger partial charge on any atom is 0.0156 e. The Hall–Kier alpha value is 0.217. The molecule has 0 aromatic rings. The summed E-state index contributed by atoms with van der Waals surface area (Å²) in [5.41, 5.74) is 0. The Morgan fingerprint density at radius 2 is 1.86 bits per heavy atom. The van der Waals surface area contributed by atoms with E-state index in [-0.39, 0.29) is 0 Å². The van der Waals surface area contributed by atoms with Crippen molar-refractivity contribution >= 4 is 10.2 Å². The summed E-state index contributed by atoms with van der Waals surface area (Å²) in [6, 6.07) is 0. The molecule has 0 unspecified atom stereocenters. The maximum absolute atomic E-state index is 2.29. The van der Waals surface area contributed by atoms with Crippen LogP contribution >= 0.6 is 0 Å². The maximum atomic E-state index is 2.29. The van der Waals surface area contributed by atoms with Gasteiger partial charge in [-0.2, -0.15) is 0 Å². The third-order valence-corrected chi connectivity index (χ3v) is 1.28. The topological polar surface area (TPSA) is 0 Å². The molecule has 43 valence electrons. The smallest absolute Gasteiger partial charge is 0.0156 e. The summed E-state index contributed by atoms with van der Waals surface area (Å²) < 4.78 is 0. The normalized spacial score (nSPS) is 12.0. The molecule has 0 rings (SSSR count). The predicted octanol–water partition coefficient (Wildman–Crippen LogP) is 1.62. The van der Waals surface area contributed by atoms with Crippen LogP contribution in [-0.4, -0.2) is 10.2 Å². The van der Waals surface area contributed by atoms with Gasteiger partial charge in [0.25, 0.3) is 0 Å². The standard InChI is InChI=1S/C6H15Si/c1-4-5-6(2,3)7/h4-5,7H2,1-3H3. The molecule has 0 saturated heterocycles. The van der Waals surface area contributed by atoms with Crippen LogP contribution in [0.4, 0.5) is 0 Å². The van der Waals surface area contributed by atoms with Gasteiger partial charge in [0.05, 0.1) is 0 Å². The molecular formula is C6H15Si. The van der Waals surface area contributed by atoms with Gasteiger partial charge in [0.15, 0.2) is 0 Å². The Kier molecular flexibility index (Phi) is 2.58. The summed E-state index contributed by atoms with van der Waals surface area (Å²) in [5.74, 6) is 0. The Morgan fingerprint density at radius 3 is 1.86 bits per heavy atom. The van der Waals surface area contributed by atoms with Crippen LogP contribution in [0.25, 0.3) is 0 Å². The van der Waals surface area contributed by atoms with Gasteiger partial charge in [-0.1, -0.05) is 33.6 Å². The molecule has 0 aliphatic rings. The van der Waals surface area contributed by atoms with E-state index < -0.39 is 0 Å². The summed E-state index contributed by atoms with van der Waals surface area (Å²) in [5, 5.41) is 0.578. The largest absolute Gasteiger partial charge is 0.0654 e. The van der Waals surface area contributed by atoms with Gasteiger partial charge in [0.1, 0.15) is 0 Å². The highest BCUT2D eigenvalue weighted by atomic mass is 28.1. The lowest BCUT2D eigenvalue weighted by atomic mass is 10.1. The van der Waals surface area contributed by atoms with E-state index in [2.05, 4.69) is 31.0 Å². The minimum Gasteiger partial charge on any atom is -0.0654 e. The van der Waals surface area contributed by atoms with Crippen molar-refractivity contribution in [3.05, 3.63) is 0 Å². The monoisotopic (exact) mass is 115 g/mol. The summed E-state index contributed by atoms with van der Waals surface area (Å²) in [6.07, 6.45) is 2.67. The van der Waals surface area contributed by atoms with E-state index >= 15 is 0 Å². The van der Waals surface area contributed by atoms with E-state index in [1.807, 2.05) is 0 Å². The average Bonchev–Trinajstić information content (AvgIpc) is 1.30. The molecule has 0 heterocycles. The predicted molar refractivity (Wildman–Crippen MR) is 37.5 cm³/mol. The van der Waals surface area contributed by atoms with Gasteiger partial charge in [-0.05, 0) is 5.04 Å². The van der Waals surface area contributed by atoms with E-state index in [0.29, 0.717) is 5.04 Å². The minimum atomic E-state index is 0.578. The highest BCUT2D eigenvalue weighted by Gasteiger charge is 2.06. The minimum absolute atomic E-state index is 0.578. The fourth-order valence-corrected chi connectivity index (χ4v) is 1.03. The van der Waals surface area contributed by atoms with Crippen molar-refractivity contribution in [2.24, 2.45) is 0 Å². The molecule has 0 saturated carbocycles. The van der Waals surface area contributed by atoms with Crippen LogP contribution in [0.5, 0.6) is 0 Å². The molecule has 0 N–H and O–H groups in total. The summed E-state index contributed by atoms with van der Waals surface area (Å²) in [7, 11) is 2.09. The van der Waals surface area contributed by atoms with Crippen LogP contribution in [0, 0.1) is 0 Å². The molecule has 0 aliphatic carbocycles. The SMILES string of the molecule is CCCC(C)(C)[SiH2]. The molecule has 0 amide bonds. The zero-order valence-corrected chi connectivity index (χ0v) is 7.04. The third-order valence-electron chi connectivity index (χ3n) is 0.927. The van der Waals surface area contributed by atoms with E-state index in [1.54, 1.807) is 0 Å². The quantitative estimate of drug-likeness (QED) is 0.480. The molecule has 0 spiro atoms. The Labute approximate surface area is 49.7 Å². The molecule has 0 bridgehead atoms. The Balaban J connectivity index is 3.15. The summed E-state index contributed by atoms with van der Waals surface area (Å²) in [6.45, 7) is 6.81. The molecule has 0 nitrogen and oxygen atoms in total. The van der Waals surface area contributed by atoms with Gasteiger partial charge < -0.3 is 0 Å².